The summed E-state index contributed by atoms with van der Waals surface area (Å²) in [4.78, 5) is 15.1. The summed E-state index contributed by atoms with van der Waals surface area (Å²) in [5, 5.41) is 3.10. The molecule has 1 aliphatic rings. The second kappa shape index (κ2) is 10.2. The van der Waals surface area contributed by atoms with Gasteiger partial charge in [0.05, 0.1) is 27.4 Å². The Labute approximate surface area is 172 Å². The van der Waals surface area contributed by atoms with Crippen LogP contribution in [0.15, 0.2) is 42.5 Å². The van der Waals surface area contributed by atoms with Crippen molar-refractivity contribution in [1.29, 1.82) is 0 Å². The van der Waals surface area contributed by atoms with Crippen LogP contribution in [0.5, 0.6) is 17.2 Å². The van der Waals surface area contributed by atoms with Crippen LogP contribution in [0.4, 0.5) is 0 Å². The monoisotopic (exact) mass is 398 g/mol. The molecule has 2 aromatic carbocycles. The summed E-state index contributed by atoms with van der Waals surface area (Å²) in [6, 6.07) is 13.2. The minimum absolute atomic E-state index is 0.0808. The maximum atomic E-state index is 12.7. The van der Waals surface area contributed by atoms with Gasteiger partial charge in [-0.3, -0.25) is 9.69 Å². The normalized spacial score (nSPS) is 15.4. The lowest BCUT2D eigenvalue weighted by atomic mass is 10.0. The highest BCUT2D eigenvalue weighted by Gasteiger charge is 2.24. The molecule has 0 saturated carbocycles. The number of benzene rings is 2. The van der Waals surface area contributed by atoms with Gasteiger partial charge in [-0.15, -0.1) is 0 Å². The maximum absolute atomic E-state index is 12.7. The van der Waals surface area contributed by atoms with Gasteiger partial charge in [0.15, 0.2) is 11.5 Å². The number of methoxy groups -OCH3 is 3. The van der Waals surface area contributed by atoms with Crippen LogP contribution in [0.25, 0.3) is 0 Å². The number of hydrogen-bond donors (Lipinski definition) is 1. The molecule has 29 heavy (non-hydrogen) atoms. The minimum atomic E-state index is -0.0878. The number of likely N-dealkylation sites (tertiary alicyclic amines) is 1. The third-order valence-corrected chi connectivity index (χ3v) is 5.43. The second-order valence-corrected chi connectivity index (χ2v) is 7.17. The van der Waals surface area contributed by atoms with Gasteiger partial charge < -0.3 is 19.5 Å². The molecule has 0 aromatic heterocycles. The van der Waals surface area contributed by atoms with Gasteiger partial charge in [-0.1, -0.05) is 12.5 Å². The van der Waals surface area contributed by atoms with Gasteiger partial charge in [0.1, 0.15) is 5.75 Å². The Balaban J connectivity index is 1.77. The van der Waals surface area contributed by atoms with E-state index in [-0.39, 0.29) is 11.9 Å². The lowest BCUT2D eigenvalue weighted by molar-refractivity contribution is 0.0924. The number of nitrogens with zero attached hydrogens (tertiary/aromatic N) is 1. The molecule has 0 radical (unpaired) electrons. The van der Waals surface area contributed by atoms with E-state index in [1.54, 1.807) is 45.6 Å². The van der Waals surface area contributed by atoms with E-state index in [0.717, 1.165) is 24.4 Å². The highest BCUT2D eigenvalue weighted by molar-refractivity contribution is 5.94. The molecule has 1 amide bonds. The summed E-state index contributed by atoms with van der Waals surface area (Å²) in [6.07, 6.45) is 3.61. The van der Waals surface area contributed by atoms with Crippen LogP contribution in [-0.4, -0.2) is 51.8 Å². The Morgan fingerprint density at radius 3 is 2.24 bits per heavy atom. The van der Waals surface area contributed by atoms with Crippen LogP contribution in [-0.2, 0) is 0 Å². The van der Waals surface area contributed by atoms with Crippen LogP contribution >= 0.6 is 0 Å². The number of hydrogen-bond acceptors (Lipinski definition) is 5. The number of rotatable bonds is 8. The van der Waals surface area contributed by atoms with Crippen molar-refractivity contribution in [2.45, 2.75) is 25.3 Å². The van der Waals surface area contributed by atoms with E-state index < -0.39 is 0 Å². The molecule has 6 nitrogen and oxygen atoms in total. The lowest BCUT2D eigenvalue weighted by Gasteiger charge is -2.35. The molecule has 0 aliphatic carbocycles. The van der Waals surface area contributed by atoms with Gasteiger partial charge in [0.25, 0.3) is 5.91 Å². The predicted molar refractivity (Wildman–Crippen MR) is 113 cm³/mol. The average Bonchev–Trinajstić information content (AvgIpc) is 2.79. The van der Waals surface area contributed by atoms with E-state index in [0.29, 0.717) is 23.6 Å². The zero-order chi connectivity index (χ0) is 20.6. The molecule has 1 N–H and O–H groups in total. The highest BCUT2D eigenvalue weighted by Crippen LogP contribution is 2.32. The van der Waals surface area contributed by atoms with Crippen LogP contribution in [0.3, 0.4) is 0 Å². The van der Waals surface area contributed by atoms with Crippen molar-refractivity contribution in [2.24, 2.45) is 0 Å². The SMILES string of the molecule is COc1ccc(C(=O)NCC(c2ccc(OC)c(OC)c2)N2CCCCC2)cc1. The van der Waals surface area contributed by atoms with Crippen molar-refractivity contribution in [3.05, 3.63) is 53.6 Å². The molecular formula is C23H30N2O4. The summed E-state index contributed by atoms with van der Waals surface area (Å²) < 4.78 is 16.0. The van der Waals surface area contributed by atoms with Crippen molar-refractivity contribution in [3.8, 4) is 17.2 Å². The second-order valence-electron chi connectivity index (χ2n) is 7.17. The van der Waals surface area contributed by atoms with Gasteiger partial charge in [0, 0.05) is 12.1 Å². The molecule has 6 heteroatoms. The van der Waals surface area contributed by atoms with Crippen molar-refractivity contribution in [1.82, 2.24) is 10.2 Å². The van der Waals surface area contributed by atoms with Crippen molar-refractivity contribution >= 4 is 5.91 Å². The molecule has 1 saturated heterocycles. The van der Waals surface area contributed by atoms with E-state index in [2.05, 4.69) is 16.3 Å². The van der Waals surface area contributed by atoms with E-state index >= 15 is 0 Å². The molecule has 156 valence electrons. The first-order valence-corrected chi connectivity index (χ1v) is 10.0. The van der Waals surface area contributed by atoms with Crippen LogP contribution < -0.4 is 19.5 Å². The maximum Gasteiger partial charge on any atom is 0.251 e. The molecule has 0 spiro atoms. The fourth-order valence-corrected chi connectivity index (χ4v) is 3.78. The Bertz CT molecular complexity index is 801. The number of carbonyl (C=O) groups excluding carboxylic acids is 1. The molecule has 1 fully saturated rings. The number of carbonyl (C=O) groups is 1. The summed E-state index contributed by atoms with van der Waals surface area (Å²) in [6.45, 7) is 2.58. The first-order valence-electron chi connectivity index (χ1n) is 10.0. The van der Waals surface area contributed by atoms with E-state index in [9.17, 15) is 4.79 Å². The third kappa shape index (κ3) is 5.21. The van der Waals surface area contributed by atoms with Crippen molar-refractivity contribution in [2.75, 3.05) is 41.0 Å². The molecule has 1 atom stereocenters. The van der Waals surface area contributed by atoms with Crippen molar-refractivity contribution < 1.29 is 19.0 Å². The summed E-state index contributed by atoms with van der Waals surface area (Å²) >= 11 is 0. The van der Waals surface area contributed by atoms with Gasteiger partial charge >= 0.3 is 0 Å². The molecule has 1 unspecified atom stereocenters. The van der Waals surface area contributed by atoms with Gasteiger partial charge in [0.2, 0.25) is 0 Å². The first-order chi connectivity index (χ1) is 14.2. The Hall–Kier alpha value is -2.73. The Morgan fingerprint density at radius 1 is 0.931 bits per heavy atom. The molecule has 3 rings (SSSR count). The highest BCUT2D eigenvalue weighted by atomic mass is 16.5. The van der Waals surface area contributed by atoms with E-state index in [1.807, 2.05) is 12.1 Å². The molecule has 1 aliphatic heterocycles. The Morgan fingerprint density at radius 2 is 1.62 bits per heavy atom. The summed E-state index contributed by atoms with van der Waals surface area (Å²) in [7, 11) is 4.89. The number of nitrogens with one attached hydrogen (secondary N) is 1. The molecule has 2 aromatic rings. The molecule has 1 heterocycles. The molecule has 0 bridgehead atoms. The van der Waals surface area contributed by atoms with Gasteiger partial charge in [-0.2, -0.15) is 0 Å². The molecular weight excluding hydrogens is 368 g/mol. The summed E-state index contributed by atoms with van der Waals surface area (Å²) in [5.74, 6) is 2.05. The Kier molecular flexibility index (Phi) is 7.36. The van der Waals surface area contributed by atoms with Crippen molar-refractivity contribution in [3.63, 3.8) is 0 Å². The van der Waals surface area contributed by atoms with E-state index in [1.165, 1.54) is 19.3 Å². The van der Waals surface area contributed by atoms with Crippen LogP contribution in [0, 0.1) is 0 Å². The quantitative estimate of drug-likeness (QED) is 0.735. The number of piperidine rings is 1. The summed E-state index contributed by atoms with van der Waals surface area (Å²) in [5.41, 5.74) is 1.73. The van der Waals surface area contributed by atoms with Crippen LogP contribution in [0.2, 0.25) is 0 Å². The largest absolute Gasteiger partial charge is 0.497 e. The predicted octanol–water partition coefficient (Wildman–Crippen LogP) is 3.67. The smallest absolute Gasteiger partial charge is 0.251 e. The van der Waals surface area contributed by atoms with E-state index in [4.69, 9.17) is 14.2 Å². The number of ether oxygens (including phenoxy) is 3. The fraction of sp³-hybridized carbons (Fsp3) is 0.435. The topological polar surface area (TPSA) is 60.0 Å². The lowest BCUT2D eigenvalue weighted by Crippen LogP contribution is -2.40. The van der Waals surface area contributed by atoms with Crippen LogP contribution in [0.1, 0.15) is 41.2 Å². The minimum Gasteiger partial charge on any atom is -0.497 e. The number of amides is 1. The third-order valence-electron chi connectivity index (χ3n) is 5.43. The fourth-order valence-electron chi connectivity index (χ4n) is 3.78. The zero-order valence-corrected chi connectivity index (χ0v) is 17.4. The zero-order valence-electron chi connectivity index (χ0n) is 17.4. The standard InChI is InChI=1S/C23H30N2O4/c1-27-19-10-7-17(8-11-19)23(26)24-16-20(25-13-5-4-6-14-25)18-9-12-21(28-2)22(15-18)29-3/h7-12,15,20H,4-6,13-14,16H2,1-3H3,(H,24,26). The van der Waals surface area contributed by atoms with Gasteiger partial charge in [-0.05, 0) is 67.9 Å². The average molecular weight is 399 g/mol. The van der Waals surface area contributed by atoms with Gasteiger partial charge in [-0.25, -0.2) is 0 Å². The first kappa shape index (κ1) is 21.0.